The predicted octanol–water partition coefficient (Wildman–Crippen LogP) is 4.58. The molecule has 0 radical (unpaired) electrons. The fourth-order valence-corrected chi connectivity index (χ4v) is 3.56. The van der Waals surface area contributed by atoms with Crippen LogP contribution in [0.15, 0.2) is 36.9 Å². The second-order valence-electron chi connectivity index (χ2n) is 11.0. The topological polar surface area (TPSA) is 87.7 Å². The van der Waals surface area contributed by atoms with Crippen LogP contribution in [0.2, 0.25) is 0 Å². The Morgan fingerprint density at radius 1 is 1.14 bits per heavy atom. The third-order valence-electron chi connectivity index (χ3n) is 4.77. The Hall–Kier alpha value is -3.27. The molecule has 0 heterocycles. The lowest BCUT2D eigenvalue weighted by atomic mass is 9.95. The molecule has 192 valence electrons. The molecule has 0 saturated carbocycles. The van der Waals surface area contributed by atoms with Crippen molar-refractivity contribution in [3.8, 4) is 12.3 Å². The summed E-state index contributed by atoms with van der Waals surface area (Å²) in [4.78, 5) is 41.5. The molecule has 35 heavy (non-hydrogen) atoms. The lowest BCUT2D eigenvalue weighted by Gasteiger charge is -2.36. The molecule has 3 amide bonds. The van der Waals surface area contributed by atoms with Gasteiger partial charge in [-0.3, -0.25) is 9.59 Å². The van der Waals surface area contributed by atoms with Gasteiger partial charge in [-0.2, -0.15) is 0 Å². The standard InChI is InChI=1S/C28H41N3O4/c1-11-17-31(25(33)22(18-19(3)4)29-26(34)35-28(8,9)10)23(24(32)30-27(5,6)7)21-16-14-13-15-20(21)12-2/h2,11,13-16,19,22-23H,1,17-18H2,3-10H3,(H,29,34)(H,30,32). The number of rotatable bonds is 9. The maximum Gasteiger partial charge on any atom is 0.408 e. The van der Waals surface area contributed by atoms with Crippen molar-refractivity contribution in [3.05, 3.63) is 48.0 Å². The highest BCUT2D eigenvalue weighted by Crippen LogP contribution is 2.27. The van der Waals surface area contributed by atoms with Gasteiger partial charge in [-0.25, -0.2) is 4.79 Å². The summed E-state index contributed by atoms with van der Waals surface area (Å²) in [5.74, 6) is 1.90. The number of carbonyl (C=O) groups excluding carboxylic acids is 3. The average molecular weight is 484 g/mol. The van der Waals surface area contributed by atoms with Gasteiger partial charge in [0.1, 0.15) is 17.7 Å². The van der Waals surface area contributed by atoms with E-state index in [1.807, 2.05) is 34.6 Å². The van der Waals surface area contributed by atoms with Crippen molar-refractivity contribution < 1.29 is 19.1 Å². The van der Waals surface area contributed by atoms with Crippen LogP contribution in [0.4, 0.5) is 4.79 Å². The summed E-state index contributed by atoms with van der Waals surface area (Å²) in [6.45, 7) is 18.6. The first-order valence-corrected chi connectivity index (χ1v) is 11.9. The smallest absolute Gasteiger partial charge is 0.408 e. The summed E-state index contributed by atoms with van der Waals surface area (Å²) in [5, 5.41) is 5.67. The molecule has 0 fully saturated rings. The number of alkyl carbamates (subject to hydrolysis) is 1. The van der Waals surface area contributed by atoms with E-state index < -0.39 is 35.2 Å². The SMILES string of the molecule is C#Cc1ccccc1C(C(=O)NC(C)(C)C)N(CC=C)C(=O)C(CC(C)C)NC(=O)OC(C)(C)C. The molecule has 2 N–H and O–H groups in total. The van der Waals surface area contributed by atoms with Gasteiger partial charge in [0.25, 0.3) is 0 Å². The monoisotopic (exact) mass is 483 g/mol. The van der Waals surface area contributed by atoms with Crippen LogP contribution in [0.5, 0.6) is 0 Å². The molecule has 7 heteroatoms. The van der Waals surface area contributed by atoms with Gasteiger partial charge in [0.05, 0.1) is 0 Å². The van der Waals surface area contributed by atoms with E-state index in [0.717, 1.165) is 0 Å². The van der Waals surface area contributed by atoms with E-state index in [4.69, 9.17) is 11.2 Å². The Morgan fingerprint density at radius 3 is 2.23 bits per heavy atom. The Labute approximate surface area is 210 Å². The fraction of sp³-hybridized carbons (Fsp3) is 0.536. The number of amides is 3. The fourth-order valence-electron chi connectivity index (χ4n) is 3.56. The van der Waals surface area contributed by atoms with E-state index in [9.17, 15) is 14.4 Å². The van der Waals surface area contributed by atoms with Crippen molar-refractivity contribution in [2.45, 2.75) is 85.0 Å². The van der Waals surface area contributed by atoms with Crippen molar-refractivity contribution in [2.24, 2.45) is 5.92 Å². The summed E-state index contributed by atoms with van der Waals surface area (Å²) in [5.41, 5.74) is -0.247. The molecule has 2 atom stereocenters. The van der Waals surface area contributed by atoms with Crippen molar-refractivity contribution in [2.75, 3.05) is 6.54 Å². The second-order valence-corrected chi connectivity index (χ2v) is 11.0. The lowest BCUT2D eigenvalue weighted by molar-refractivity contribution is -0.142. The Balaban J connectivity index is 3.56. The van der Waals surface area contributed by atoms with E-state index in [0.29, 0.717) is 17.5 Å². The van der Waals surface area contributed by atoms with Crippen LogP contribution in [-0.2, 0) is 14.3 Å². The zero-order valence-electron chi connectivity index (χ0n) is 22.4. The number of nitrogens with one attached hydrogen (secondary N) is 2. The number of hydrogen-bond acceptors (Lipinski definition) is 4. The minimum Gasteiger partial charge on any atom is -0.444 e. The molecule has 0 aliphatic heterocycles. The highest BCUT2D eigenvalue weighted by Gasteiger charge is 2.37. The van der Waals surface area contributed by atoms with Crippen LogP contribution in [0.25, 0.3) is 0 Å². The summed E-state index contributed by atoms with van der Waals surface area (Å²) >= 11 is 0. The third-order valence-corrected chi connectivity index (χ3v) is 4.77. The van der Waals surface area contributed by atoms with Gasteiger partial charge < -0.3 is 20.3 Å². The van der Waals surface area contributed by atoms with Gasteiger partial charge >= 0.3 is 6.09 Å². The molecule has 1 aromatic rings. The molecule has 0 saturated heterocycles. The molecular weight excluding hydrogens is 442 g/mol. The van der Waals surface area contributed by atoms with Crippen LogP contribution in [0, 0.1) is 18.3 Å². The van der Waals surface area contributed by atoms with E-state index in [1.165, 1.54) is 4.90 Å². The summed E-state index contributed by atoms with van der Waals surface area (Å²) in [6.07, 6.45) is 6.94. The van der Waals surface area contributed by atoms with Crippen LogP contribution < -0.4 is 10.6 Å². The largest absolute Gasteiger partial charge is 0.444 e. The number of hydrogen-bond donors (Lipinski definition) is 2. The molecular formula is C28H41N3O4. The quantitative estimate of drug-likeness (QED) is 0.398. The number of terminal acetylenes is 1. The molecule has 7 nitrogen and oxygen atoms in total. The number of nitrogens with zero attached hydrogens (tertiary/aromatic N) is 1. The van der Waals surface area contributed by atoms with Gasteiger partial charge in [-0.05, 0) is 65.5 Å². The van der Waals surface area contributed by atoms with Crippen molar-refractivity contribution in [1.29, 1.82) is 0 Å². The van der Waals surface area contributed by atoms with Gasteiger partial charge in [0.2, 0.25) is 11.8 Å². The molecule has 0 spiro atoms. The molecule has 1 rings (SSSR count). The number of benzene rings is 1. The Morgan fingerprint density at radius 2 is 1.74 bits per heavy atom. The zero-order chi connectivity index (χ0) is 27.0. The van der Waals surface area contributed by atoms with E-state index >= 15 is 0 Å². The first-order chi connectivity index (χ1) is 16.1. The summed E-state index contributed by atoms with van der Waals surface area (Å²) < 4.78 is 5.39. The van der Waals surface area contributed by atoms with E-state index in [2.05, 4.69) is 23.1 Å². The third kappa shape index (κ3) is 9.86. The van der Waals surface area contributed by atoms with E-state index in [1.54, 1.807) is 51.1 Å². The normalized spacial score (nSPS) is 13.3. The van der Waals surface area contributed by atoms with Gasteiger partial charge in [-0.1, -0.05) is 44.0 Å². The number of ether oxygens (including phenoxy) is 1. The first-order valence-electron chi connectivity index (χ1n) is 11.9. The van der Waals surface area contributed by atoms with Crippen LogP contribution in [-0.4, -0.2) is 46.5 Å². The van der Waals surface area contributed by atoms with Crippen molar-refractivity contribution in [3.63, 3.8) is 0 Å². The van der Waals surface area contributed by atoms with Crippen LogP contribution in [0.3, 0.4) is 0 Å². The highest BCUT2D eigenvalue weighted by molar-refractivity contribution is 5.93. The van der Waals surface area contributed by atoms with Gasteiger partial charge in [0, 0.05) is 17.6 Å². The molecule has 2 unspecified atom stereocenters. The second kappa shape index (κ2) is 12.4. The maximum absolute atomic E-state index is 13.9. The first kappa shape index (κ1) is 29.8. The van der Waals surface area contributed by atoms with Crippen molar-refractivity contribution >= 4 is 17.9 Å². The zero-order valence-corrected chi connectivity index (χ0v) is 22.4. The van der Waals surface area contributed by atoms with Gasteiger partial charge in [-0.15, -0.1) is 13.0 Å². The Bertz CT molecular complexity index is 948. The lowest BCUT2D eigenvalue weighted by Crippen LogP contribution is -2.55. The summed E-state index contributed by atoms with van der Waals surface area (Å²) in [6, 6.07) is 5.09. The molecule has 0 aliphatic carbocycles. The average Bonchev–Trinajstić information content (AvgIpc) is 2.69. The predicted molar refractivity (Wildman–Crippen MR) is 140 cm³/mol. The summed E-state index contributed by atoms with van der Waals surface area (Å²) in [7, 11) is 0. The highest BCUT2D eigenvalue weighted by atomic mass is 16.6. The minimum absolute atomic E-state index is 0.0740. The Kier molecular flexibility index (Phi) is 10.6. The van der Waals surface area contributed by atoms with Crippen LogP contribution in [0.1, 0.15) is 79.0 Å². The van der Waals surface area contributed by atoms with Crippen LogP contribution >= 0.6 is 0 Å². The minimum atomic E-state index is -1.03. The molecule has 1 aromatic carbocycles. The van der Waals surface area contributed by atoms with Gasteiger partial charge in [0.15, 0.2) is 0 Å². The molecule has 0 aromatic heterocycles. The molecule has 0 aliphatic rings. The van der Waals surface area contributed by atoms with Crippen molar-refractivity contribution in [1.82, 2.24) is 15.5 Å². The molecule has 0 bridgehead atoms. The number of carbonyl (C=O) groups is 3. The maximum atomic E-state index is 13.9. The van der Waals surface area contributed by atoms with E-state index in [-0.39, 0.29) is 18.4 Å².